The molecule has 0 spiro atoms. The molecule has 0 radical (unpaired) electrons. The molecule has 3 fully saturated rings. The number of fused-ring (bicyclic) bond motifs is 4. The van der Waals surface area contributed by atoms with E-state index >= 15 is 0 Å². The second-order valence-corrected chi connectivity index (χ2v) is 6.89. The smallest absolute Gasteiger partial charge is 0.157 e. The Bertz CT molecular complexity index is 864. The average molecular weight is 308 g/mol. The molecule has 23 heavy (non-hydrogen) atoms. The number of nitrogens with zero attached hydrogens (tertiary/aromatic N) is 1. The Labute approximate surface area is 135 Å². The zero-order valence-electron chi connectivity index (χ0n) is 13.4. The third kappa shape index (κ3) is 1.62. The molecule has 3 saturated heterocycles. The average Bonchev–Trinajstić information content (AvgIpc) is 2.95. The predicted octanol–water partition coefficient (Wildman–Crippen LogP) is 2.99. The minimum absolute atomic E-state index is 0.0658. The maximum Gasteiger partial charge on any atom is 0.157 e. The van der Waals surface area contributed by atoms with Crippen molar-refractivity contribution < 1.29 is 9.53 Å². The summed E-state index contributed by atoms with van der Waals surface area (Å²) in [5.41, 5.74) is 5.09. The molecule has 4 aliphatic rings. The monoisotopic (exact) mass is 308 g/mol. The van der Waals surface area contributed by atoms with Crippen LogP contribution in [0.1, 0.15) is 30.6 Å². The van der Waals surface area contributed by atoms with Crippen molar-refractivity contribution in [1.82, 2.24) is 9.88 Å². The molecule has 2 aromatic rings. The van der Waals surface area contributed by atoms with E-state index in [1.165, 1.54) is 22.2 Å². The Kier molecular flexibility index (Phi) is 2.61. The standard InChI is InChI=1S/C19H20N2O2/c1-3-10-9-21-16-7-13(10)19(22)17(21)8-14-12-5-4-11(23-2)6-15(12)20-18(14)16/h3-6,13,16-17,20H,7-9H2,1-2H3/b10-3-/t13?,16-,17-/m0/s1. The van der Waals surface area contributed by atoms with E-state index in [9.17, 15) is 4.79 Å². The summed E-state index contributed by atoms with van der Waals surface area (Å²) < 4.78 is 5.34. The molecule has 4 bridgehead atoms. The molecule has 4 atom stereocenters. The van der Waals surface area contributed by atoms with Crippen molar-refractivity contribution >= 4 is 16.7 Å². The number of rotatable bonds is 1. The lowest BCUT2D eigenvalue weighted by Crippen LogP contribution is -2.60. The van der Waals surface area contributed by atoms with Gasteiger partial charge in [0.25, 0.3) is 0 Å². The largest absolute Gasteiger partial charge is 0.497 e. The number of methoxy groups -OCH3 is 1. The van der Waals surface area contributed by atoms with Crippen LogP contribution in [0.15, 0.2) is 29.8 Å². The van der Waals surface area contributed by atoms with Gasteiger partial charge in [-0.2, -0.15) is 0 Å². The first kappa shape index (κ1) is 13.4. The van der Waals surface area contributed by atoms with Gasteiger partial charge in [0.2, 0.25) is 0 Å². The summed E-state index contributed by atoms with van der Waals surface area (Å²) in [4.78, 5) is 18.9. The van der Waals surface area contributed by atoms with E-state index in [-0.39, 0.29) is 12.0 Å². The number of ketones is 1. The summed E-state index contributed by atoms with van der Waals surface area (Å²) in [6.45, 7) is 3.00. The molecule has 4 aliphatic heterocycles. The fourth-order valence-electron chi connectivity index (χ4n) is 4.84. The van der Waals surface area contributed by atoms with Crippen LogP contribution in [0.3, 0.4) is 0 Å². The number of H-pyrrole nitrogens is 1. The molecule has 1 N–H and O–H groups in total. The van der Waals surface area contributed by atoms with Crippen LogP contribution >= 0.6 is 0 Å². The first-order chi connectivity index (χ1) is 11.2. The van der Waals surface area contributed by atoms with Gasteiger partial charge in [-0.3, -0.25) is 9.69 Å². The van der Waals surface area contributed by atoms with Gasteiger partial charge in [0.1, 0.15) is 5.75 Å². The second kappa shape index (κ2) is 4.48. The Morgan fingerprint density at radius 3 is 3.00 bits per heavy atom. The first-order valence-electron chi connectivity index (χ1n) is 8.34. The second-order valence-electron chi connectivity index (χ2n) is 6.89. The summed E-state index contributed by atoms with van der Waals surface area (Å²) in [5, 5.41) is 1.24. The quantitative estimate of drug-likeness (QED) is 0.824. The van der Waals surface area contributed by atoms with Crippen molar-refractivity contribution in [1.29, 1.82) is 0 Å². The van der Waals surface area contributed by atoms with E-state index in [0.29, 0.717) is 11.8 Å². The van der Waals surface area contributed by atoms with Crippen LogP contribution in [0, 0.1) is 5.92 Å². The van der Waals surface area contributed by atoms with Crippen molar-refractivity contribution in [3.63, 3.8) is 0 Å². The number of nitrogens with one attached hydrogen (secondary N) is 1. The van der Waals surface area contributed by atoms with Crippen LogP contribution in [0.5, 0.6) is 5.75 Å². The number of Topliss-reactive ketones (excluding diaryl/α,β-unsaturated/α-hetero) is 1. The van der Waals surface area contributed by atoms with Crippen molar-refractivity contribution in [2.45, 2.75) is 31.8 Å². The number of allylic oxidation sites excluding steroid dienone is 1. The number of aromatic amines is 1. The van der Waals surface area contributed by atoms with Gasteiger partial charge < -0.3 is 9.72 Å². The number of benzene rings is 1. The fourth-order valence-corrected chi connectivity index (χ4v) is 4.84. The summed E-state index contributed by atoms with van der Waals surface area (Å²) in [7, 11) is 1.69. The lowest BCUT2D eigenvalue weighted by Gasteiger charge is -2.53. The molecule has 1 aromatic heterocycles. The molecular formula is C19H20N2O2. The first-order valence-corrected chi connectivity index (χ1v) is 8.34. The number of carbonyl (C=O) groups excluding carboxylic acids is 1. The van der Waals surface area contributed by atoms with Crippen LogP contribution in [-0.2, 0) is 11.2 Å². The Morgan fingerprint density at radius 2 is 2.22 bits per heavy atom. The topological polar surface area (TPSA) is 45.3 Å². The van der Waals surface area contributed by atoms with E-state index in [0.717, 1.165) is 30.7 Å². The van der Waals surface area contributed by atoms with E-state index < -0.39 is 0 Å². The van der Waals surface area contributed by atoms with Crippen LogP contribution < -0.4 is 4.74 Å². The molecule has 1 aromatic carbocycles. The molecule has 0 aliphatic carbocycles. The summed E-state index contributed by atoms with van der Waals surface area (Å²) in [6.07, 6.45) is 3.90. The maximum atomic E-state index is 12.8. The maximum absolute atomic E-state index is 12.8. The normalized spacial score (nSPS) is 33.3. The van der Waals surface area contributed by atoms with E-state index in [4.69, 9.17) is 4.74 Å². The molecule has 0 saturated carbocycles. The van der Waals surface area contributed by atoms with Gasteiger partial charge in [-0.25, -0.2) is 0 Å². The van der Waals surface area contributed by atoms with Crippen LogP contribution in [-0.4, -0.2) is 35.4 Å². The van der Waals surface area contributed by atoms with Crippen molar-refractivity contribution in [3.05, 3.63) is 41.1 Å². The summed E-state index contributed by atoms with van der Waals surface area (Å²) >= 11 is 0. The van der Waals surface area contributed by atoms with Crippen molar-refractivity contribution in [3.8, 4) is 5.75 Å². The van der Waals surface area contributed by atoms with Gasteiger partial charge in [0, 0.05) is 35.1 Å². The van der Waals surface area contributed by atoms with E-state index in [1.54, 1.807) is 7.11 Å². The Balaban J connectivity index is 1.68. The highest BCUT2D eigenvalue weighted by atomic mass is 16.5. The molecule has 0 amide bonds. The third-order valence-corrected chi connectivity index (χ3v) is 5.99. The van der Waals surface area contributed by atoms with Crippen LogP contribution in [0.2, 0.25) is 0 Å². The van der Waals surface area contributed by atoms with Crippen LogP contribution in [0.25, 0.3) is 10.9 Å². The molecule has 2 unspecified atom stereocenters. The zero-order chi connectivity index (χ0) is 15.7. The summed E-state index contributed by atoms with van der Waals surface area (Å²) in [6, 6.07) is 6.61. The number of aromatic nitrogens is 1. The lowest BCUT2D eigenvalue weighted by molar-refractivity contribution is -0.137. The number of hydrogen-bond donors (Lipinski definition) is 1. The van der Waals surface area contributed by atoms with Gasteiger partial charge >= 0.3 is 0 Å². The minimum Gasteiger partial charge on any atom is -0.497 e. The molecular weight excluding hydrogens is 288 g/mol. The van der Waals surface area contributed by atoms with Gasteiger partial charge in [0.05, 0.1) is 19.2 Å². The molecule has 5 heterocycles. The van der Waals surface area contributed by atoms with Gasteiger partial charge in [-0.1, -0.05) is 6.08 Å². The number of hydrogen-bond acceptors (Lipinski definition) is 3. The van der Waals surface area contributed by atoms with Gasteiger partial charge in [-0.05, 0) is 43.0 Å². The SMILES string of the molecule is C/C=C1/CN2[C@H]3Cc4c([nH]c5cc(OC)ccc45)[C@@H]2CC1C3=O. The van der Waals surface area contributed by atoms with Crippen LogP contribution in [0.4, 0.5) is 0 Å². The van der Waals surface area contributed by atoms with Gasteiger partial charge in [-0.15, -0.1) is 0 Å². The number of ether oxygens (including phenoxy) is 1. The van der Waals surface area contributed by atoms with Crippen molar-refractivity contribution in [2.75, 3.05) is 13.7 Å². The summed E-state index contributed by atoms with van der Waals surface area (Å²) in [5.74, 6) is 1.43. The highest BCUT2D eigenvalue weighted by molar-refractivity contribution is 5.94. The highest BCUT2D eigenvalue weighted by Gasteiger charge is 2.52. The Morgan fingerprint density at radius 1 is 1.35 bits per heavy atom. The number of carbonyl (C=O) groups is 1. The van der Waals surface area contributed by atoms with E-state index in [1.807, 2.05) is 6.07 Å². The predicted molar refractivity (Wildman–Crippen MR) is 88.7 cm³/mol. The number of piperidine rings is 3. The van der Waals surface area contributed by atoms with Crippen molar-refractivity contribution in [2.24, 2.45) is 5.92 Å². The highest BCUT2D eigenvalue weighted by Crippen LogP contribution is 2.50. The molecule has 4 nitrogen and oxygen atoms in total. The molecule has 118 valence electrons. The van der Waals surface area contributed by atoms with Gasteiger partial charge in [0.15, 0.2) is 5.78 Å². The lowest BCUT2D eigenvalue weighted by atomic mass is 9.69. The fraction of sp³-hybridized carbons (Fsp3) is 0.421. The zero-order valence-corrected chi connectivity index (χ0v) is 13.4. The van der Waals surface area contributed by atoms with E-state index in [2.05, 4.69) is 35.0 Å². The Hall–Kier alpha value is -2.07. The third-order valence-electron chi connectivity index (χ3n) is 5.99. The minimum atomic E-state index is 0.0658. The molecule has 4 heteroatoms. The molecule has 6 rings (SSSR count).